The van der Waals surface area contributed by atoms with E-state index in [9.17, 15) is 19.5 Å². The molecule has 1 aromatic heterocycles. The van der Waals surface area contributed by atoms with E-state index in [1.807, 2.05) is 0 Å². The van der Waals surface area contributed by atoms with Crippen molar-refractivity contribution in [3.8, 4) is 5.88 Å². The lowest BCUT2D eigenvalue weighted by Gasteiger charge is -2.14. The monoisotopic (exact) mass is 330 g/mol. The first-order valence-electron chi connectivity index (χ1n) is 6.09. The molecule has 0 fully saturated rings. The van der Waals surface area contributed by atoms with E-state index in [1.165, 1.54) is 7.05 Å². The SMILES string of the molecule is CN=Nc1c(O)n(CCC(=O)O)c(=S)n(CCC(=O)O)c1=O. The molecular weight excluding hydrogens is 316 g/mol. The average molecular weight is 330 g/mol. The number of aliphatic carboxylic acids is 2. The molecule has 0 radical (unpaired) electrons. The Bertz CT molecular complexity index is 735. The summed E-state index contributed by atoms with van der Waals surface area (Å²) >= 11 is 5.02. The molecular formula is C11H14N4O6S. The number of aromatic hydroxyl groups is 1. The van der Waals surface area contributed by atoms with Gasteiger partial charge in [0.25, 0.3) is 5.56 Å². The number of nitrogens with zero attached hydrogens (tertiary/aromatic N) is 4. The van der Waals surface area contributed by atoms with Gasteiger partial charge in [0.1, 0.15) is 0 Å². The summed E-state index contributed by atoms with van der Waals surface area (Å²) in [6, 6.07) is 0. The lowest BCUT2D eigenvalue weighted by atomic mass is 10.3. The molecule has 11 heteroatoms. The van der Waals surface area contributed by atoms with Crippen molar-refractivity contribution in [2.45, 2.75) is 25.9 Å². The van der Waals surface area contributed by atoms with Gasteiger partial charge >= 0.3 is 11.9 Å². The number of hydrogen-bond acceptors (Lipinski definition) is 7. The van der Waals surface area contributed by atoms with E-state index in [1.54, 1.807) is 0 Å². The van der Waals surface area contributed by atoms with Crippen molar-refractivity contribution in [1.29, 1.82) is 0 Å². The zero-order chi connectivity index (χ0) is 16.9. The topological polar surface area (TPSA) is 146 Å². The molecule has 0 spiro atoms. The summed E-state index contributed by atoms with van der Waals surface area (Å²) in [5, 5.41) is 34.3. The van der Waals surface area contributed by atoms with E-state index in [4.69, 9.17) is 22.4 Å². The summed E-state index contributed by atoms with van der Waals surface area (Å²) in [5.41, 5.74) is -1.21. The molecule has 0 amide bonds. The minimum atomic E-state index is -1.13. The van der Waals surface area contributed by atoms with Crippen LogP contribution in [0.25, 0.3) is 0 Å². The van der Waals surface area contributed by atoms with E-state index in [2.05, 4.69) is 10.2 Å². The molecule has 0 aliphatic carbocycles. The van der Waals surface area contributed by atoms with Crippen molar-refractivity contribution < 1.29 is 24.9 Å². The number of hydrogen-bond donors (Lipinski definition) is 3. The molecule has 0 saturated carbocycles. The number of carbonyl (C=O) groups is 2. The Morgan fingerprint density at radius 1 is 1.14 bits per heavy atom. The highest BCUT2D eigenvalue weighted by atomic mass is 32.1. The fourth-order valence-corrected chi connectivity index (χ4v) is 2.03. The van der Waals surface area contributed by atoms with E-state index < -0.39 is 29.1 Å². The van der Waals surface area contributed by atoms with Gasteiger partial charge in [-0.05, 0) is 12.2 Å². The summed E-state index contributed by atoms with van der Waals surface area (Å²) in [4.78, 5) is 33.5. The molecule has 10 nitrogen and oxygen atoms in total. The number of rotatable bonds is 7. The van der Waals surface area contributed by atoms with Crippen LogP contribution >= 0.6 is 12.2 Å². The van der Waals surface area contributed by atoms with Crippen LogP contribution in [0, 0.1) is 4.77 Å². The number of azo groups is 1. The molecule has 22 heavy (non-hydrogen) atoms. The molecule has 1 aromatic rings. The molecule has 0 saturated heterocycles. The van der Waals surface area contributed by atoms with Crippen LogP contribution in [0.3, 0.4) is 0 Å². The van der Waals surface area contributed by atoms with Crippen LogP contribution in [0.1, 0.15) is 12.8 Å². The van der Waals surface area contributed by atoms with Crippen molar-refractivity contribution in [2.75, 3.05) is 7.05 Å². The maximum absolute atomic E-state index is 12.2. The Kier molecular flexibility index (Phi) is 5.92. The molecule has 0 aromatic carbocycles. The summed E-state index contributed by atoms with van der Waals surface area (Å²) in [6.45, 7) is -0.424. The van der Waals surface area contributed by atoms with Gasteiger partial charge < -0.3 is 15.3 Å². The Labute approximate surface area is 129 Å². The van der Waals surface area contributed by atoms with Gasteiger partial charge in [-0.3, -0.25) is 23.5 Å². The van der Waals surface area contributed by atoms with Crippen LogP contribution in [0.5, 0.6) is 5.88 Å². The molecule has 1 rings (SSSR count). The Morgan fingerprint density at radius 3 is 2.09 bits per heavy atom. The van der Waals surface area contributed by atoms with Gasteiger partial charge in [-0.2, -0.15) is 5.11 Å². The van der Waals surface area contributed by atoms with Gasteiger partial charge in [0.05, 0.1) is 12.8 Å². The molecule has 0 bridgehead atoms. The zero-order valence-corrected chi connectivity index (χ0v) is 12.4. The minimum absolute atomic E-state index is 0.181. The maximum Gasteiger partial charge on any atom is 0.305 e. The first kappa shape index (κ1) is 17.5. The predicted molar refractivity (Wildman–Crippen MR) is 76.1 cm³/mol. The number of carboxylic acids is 2. The van der Waals surface area contributed by atoms with Gasteiger partial charge in [0.2, 0.25) is 11.6 Å². The second-order valence-electron chi connectivity index (χ2n) is 4.15. The van der Waals surface area contributed by atoms with Gasteiger partial charge in [-0.15, -0.1) is 5.11 Å². The summed E-state index contributed by atoms with van der Waals surface area (Å²) in [7, 11) is 1.28. The van der Waals surface area contributed by atoms with Crippen molar-refractivity contribution >= 4 is 29.8 Å². The number of aromatic nitrogens is 2. The quantitative estimate of drug-likeness (QED) is 0.493. The Hall–Kier alpha value is -2.56. The minimum Gasteiger partial charge on any atom is -0.493 e. The van der Waals surface area contributed by atoms with Crippen LogP contribution in [0.2, 0.25) is 0 Å². The normalized spacial score (nSPS) is 11.0. The highest BCUT2D eigenvalue weighted by Crippen LogP contribution is 2.23. The Balaban J connectivity index is 3.48. The highest BCUT2D eigenvalue weighted by molar-refractivity contribution is 7.71. The standard InChI is InChI=1S/C11H14N4O6S/c1-12-13-8-9(20)14(4-2-6(16)17)11(22)15(10(8)21)5-3-7(18)19/h20H,2-5H2,1H3,(H,16,17)(H,18,19). The summed E-state index contributed by atoms with van der Waals surface area (Å²) in [6.07, 6.45) is -0.711. The van der Waals surface area contributed by atoms with Crippen LogP contribution in [0.4, 0.5) is 5.69 Å². The van der Waals surface area contributed by atoms with Crippen LogP contribution in [0.15, 0.2) is 15.0 Å². The number of carboxylic acid groups (broad SMARTS) is 2. The van der Waals surface area contributed by atoms with E-state index in [0.29, 0.717) is 0 Å². The van der Waals surface area contributed by atoms with Crippen LogP contribution < -0.4 is 5.56 Å². The molecule has 0 aliphatic heterocycles. The first-order chi connectivity index (χ1) is 10.3. The maximum atomic E-state index is 12.2. The van der Waals surface area contributed by atoms with Crippen molar-refractivity contribution in [3.63, 3.8) is 0 Å². The highest BCUT2D eigenvalue weighted by Gasteiger charge is 2.17. The van der Waals surface area contributed by atoms with Gasteiger partial charge in [-0.1, -0.05) is 0 Å². The third kappa shape index (κ3) is 3.97. The van der Waals surface area contributed by atoms with Crippen LogP contribution in [-0.4, -0.2) is 43.4 Å². The van der Waals surface area contributed by atoms with Gasteiger partial charge in [0.15, 0.2) is 4.77 Å². The molecule has 3 N–H and O–H groups in total. The third-order valence-corrected chi connectivity index (χ3v) is 3.12. The van der Waals surface area contributed by atoms with Crippen molar-refractivity contribution in [1.82, 2.24) is 9.13 Å². The molecule has 0 atom stereocenters. The molecule has 1 heterocycles. The second-order valence-corrected chi connectivity index (χ2v) is 4.52. The first-order valence-corrected chi connectivity index (χ1v) is 6.50. The molecule has 0 aliphatic rings. The van der Waals surface area contributed by atoms with Crippen molar-refractivity contribution in [2.24, 2.45) is 10.2 Å². The molecule has 120 valence electrons. The lowest BCUT2D eigenvalue weighted by Crippen LogP contribution is -2.26. The summed E-state index contributed by atoms with van der Waals surface area (Å²) in [5.74, 6) is -2.86. The van der Waals surface area contributed by atoms with E-state index in [0.717, 1.165) is 9.13 Å². The largest absolute Gasteiger partial charge is 0.493 e. The molecule has 0 unspecified atom stereocenters. The lowest BCUT2D eigenvalue weighted by molar-refractivity contribution is -0.138. The van der Waals surface area contributed by atoms with Gasteiger partial charge in [-0.25, -0.2) is 0 Å². The zero-order valence-electron chi connectivity index (χ0n) is 11.6. The third-order valence-electron chi connectivity index (χ3n) is 2.68. The fraction of sp³-hybridized carbons (Fsp3) is 0.455. The van der Waals surface area contributed by atoms with Crippen LogP contribution in [-0.2, 0) is 22.7 Å². The van der Waals surface area contributed by atoms with E-state index >= 15 is 0 Å². The smallest absolute Gasteiger partial charge is 0.305 e. The van der Waals surface area contributed by atoms with E-state index in [-0.39, 0.29) is 30.7 Å². The Morgan fingerprint density at radius 2 is 1.64 bits per heavy atom. The fourth-order valence-electron chi connectivity index (χ4n) is 1.68. The predicted octanol–water partition coefficient (Wildman–Crippen LogP) is 0.748. The van der Waals surface area contributed by atoms with Crippen molar-refractivity contribution in [3.05, 3.63) is 15.1 Å². The summed E-state index contributed by atoms with van der Waals surface area (Å²) < 4.78 is 1.77. The van der Waals surface area contributed by atoms with Gasteiger partial charge in [0, 0.05) is 20.1 Å². The second kappa shape index (κ2) is 7.45. The average Bonchev–Trinajstić information content (AvgIpc) is 2.42.